The highest BCUT2D eigenvalue weighted by Gasteiger charge is 2.49. The molecule has 1 atom stereocenters. The predicted octanol–water partition coefficient (Wildman–Crippen LogP) is 3.85. The van der Waals surface area contributed by atoms with Gasteiger partial charge in [-0.15, -0.1) is 0 Å². The summed E-state index contributed by atoms with van der Waals surface area (Å²) in [6, 6.07) is -1.60. The summed E-state index contributed by atoms with van der Waals surface area (Å²) in [4.78, 5) is 38.4. The minimum Gasteiger partial charge on any atom is -0.492 e. The van der Waals surface area contributed by atoms with E-state index >= 15 is 4.39 Å². The van der Waals surface area contributed by atoms with Crippen molar-refractivity contribution in [3.63, 3.8) is 0 Å². The van der Waals surface area contributed by atoms with E-state index in [2.05, 4.69) is 0 Å². The van der Waals surface area contributed by atoms with Crippen molar-refractivity contribution in [3.05, 3.63) is 39.1 Å². The van der Waals surface area contributed by atoms with Gasteiger partial charge in [0.25, 0.3) is 11.8 Å². The third kappa shape index (κ3) is 3.65. The third-order valence-corrected chi connectivity index (χ3v) is 5.71. The number of carbonyl (C=O) groups excluding carboxylic acids is 3. The van der Waals surface area contributed by atoms with Gasteiger partial charge in [0.05, 0.1) is 13.7 Å². The van der Waals surface area contributed by atoms with E-state index in [0.29, 0.717) is 30.4 Å². The molecule has 2 aliphatic carbocycles. The van der Waals surface area contributed by atoms with Crippen LogP contribution in [-0.4, -0.2) is 42.4 Å². The van der Waals surface area contributed by atoms with Gasteiger partial charge >= 0.3 is 0 Å². The van der Waals surface area contributed by atoms with Crippen LogP contribution >= 0.6 is 11.6 Å². The lowest BCUT2D eigenvalue weighted by atomic mass is 9.93. The van der Waals surface area contributed by atoms with Crippen LogP contribution in [0.2, 0.25) is 0 Å². The van der Waals surface area contributed by atoms with Gasteiger partial charge in [0.15, 0.2) is 17.3 Å². The summed E-state index contributed by atoms with van der Waals surface area (Å²) in [6.07, 6.45) is 5.05. The van der Waals surface area contributed by atoms with Crippen molar-refractivity contribution in [3.8, 4) is 0 Å². The van der Waals surface area contributed by atoms with Crippen LogP contribution in [0.3, 0.4) is 0 Å². The number of hydrogen-bond acceptors (Lipinski definition) is 5. The standard InChI is InChI=1S/C21H23ClFNO5/c1-3-4-7-10-29-18-14(11-25)17(16(23)19(28-2)15(18)22)24-20(26)12-8-5-6-9-13(12)21(24)27/h17H,3-10H2,1-2H3. The van der Waals surface area contributed by atoms with Crippen LogP contribution in [0.15, 0.2) is 39.1 Å². The van der Waals surface area contributed by atoms with Crippen molar-refractivity contribution in [2.45, 2.75) is 57.9 Å². The second kappa shape index (κ2) is 8.97. The first-order chi connectivity index (χ1) is 14.0. The maximum Gasteiger partial charge on any atom is 0.258 e. The number of hydrogen-bond donors (Lipinski definition) is 0. The van der Waals surface area contributed by atoms with E-state index in [4.69, 9.17) is 21.1 Å². The number of unbranched alkanes of at least 4 members (excludes halogenated alkanes) is 2. The molecule has 0 saturated heterocycles. The van der Waals surface area contributed by atoms with Crippen molar-refractivity contribution in [1.82, 2.24) is 4.90 Å². The third-order valence-electron chi connectivity index (χ3n) is 5.36. The summed E-state index contributed by atoms with van der Waals surface area (Å²) in [6.45, 7) is 2.27. The van der Waals surface area contributed by atoms with Crippen molar-refractivity contribution >= 4 is 29.4 Å². The molecule has 0 saturated carbocycles. The summed E-state index contributed by atoms with van der Waals surface area (Å²) in [5, 5.41) is -0.215. The minimum absolute atomic E-state index is 0.105. The van der Waals surface area contributed by atoms with Crippen molar-refractivity contribution in [1.29, 1.82) is 0 Å². The van der Waals surface area contributed by atoms with Crippen LogP contribution in [0.4, 0.5) is 4.39 Å². The number of amides is 2. The first-order valence-electron chi connectivity index (χ1n) is 9.79. The molecule has 3 rings (SSSR count). The maximum absolute atomic E-state index is 15.3. The molecule has 3 aliphatic rings. The summed E-state index contributed by atoms with van der Waals surface area (Å²) in [5.74, 6) is -0.966. The van der Waals surface area contributed by atoms with Gasteiger partial charge in [-0.2, -0.15) is 0 Å². The van der Waals surface area contributed by atoms with Crippen LogP contribution in [0.1, 0.15) is 51.9 Å². The number of halogens is 2. The number of nitrogens with zero attached hydrogens (tertiary/aromatic N) is 1. The summed E-state index contributed by atoms with van der Waals surface area (Å²) in [7, 11) is 1.22. The average Bonchev–Trinajstić information content (AvgIpc) is 2.97. The molecule has 8 heteroatoms. The lowest BCUT2D eigenvalue weighted by Crippen LogP contribution is -2.45. The normalized spacial score (nSPS) is 22.4. The van der Waals surface area contributed by atoms with E-state index in [9.17, 15) is 14.4 Å². The summed E-state index contributed by atoms with van der Waals surface area (Å²) < 4.78 is 26.0. The largest absolute Gasteiger partial charge is 0.492 e. The monoisotopic (exact) mass is 423 g/mol. The fourth-order valence-corrected chi connectivity index (χ4v) is 4.22. The van der Waals surface area contributed by atoms with Gasteiger partial charge < -0.3 is 9.47 Å². The predicted molar refractivity (Wildman–Crippen MR) is 104 cm³/mol. The molecule has 0 aromatic rings. The quantitative estimate of drug-likeness (QED) is 0.353. The second-order valence-electron chi connectivity index (χ2n) is 7.14. The molecule has 0 spiro atoms. The second-order valence-corrected chi connectivity index (χ2v) is 7.52. The molecule has 156 valence electrons. The zero-order valence-corrected chi connectivity index (χ0v) is 17.2. The molecular formula is C21H23ClFNO5. The topological polar surface area (TPSA) is 72.9 Å². The van der Waals surface area contributed by atoms with Crippen LogP contribution in [0.25, 0.3) is 0 Å². The molecule has 0 aromatic carbocycles. The van der Waals surface area contributed by atoms with Crippen LogP contribution in [0.5, 0.6) is 0 Å². The Morgan fingerprint density at radius 2 is 1.76 bits per heavy atom. The zero-order chi connectivity index (χ0) is 21.1. The Kier molecular flexibility index (Phi) is 6.60. The molecule has 0 aromatic heterocycles. The molecule has 2 amide bonds. The molecular weight excluding hydrogens is 401 g/mol. The Labute approximate surface area is 173 Å². The smallest absolute Gasteiger partial charge is 0.258 e. The number of ether oxygens (including phenoxy) is 2. The van der Waals surface area contributed by atoms with Gasteiger partial charge in [-0.25, -0.2) is 9.18 Å². The molecule has 6 nitrogen and oxygen atoms in total. The highest BCUT2D eigenvalue weighted by atomic mass is 35.5. The van der Waals surface area contributed by atoms with Gasteiger partial charge in [-0.3, -0.25) is 14.5 Å². The number of imide groups is 1. The lowest BCUT2D eigenvalue weighted by molar-refractivity contribution is -0.139. The van der Waals surface area contributed by atoms with Gasteiger partial charge in [0.2, 0.25) is 0 Å². The molecule has 0 N–H and O–H groups in total. The Morgan fingerprint density at radius 1 is 1.14 bits per heavy atom. The highest BCUT2D eigenvalue weighted by Crippen LogP contribution is 2.43. The number of carbonyl (C=O) groups is 2. The number of methoxy groups -OCH3 is 1. The number of rotatable bonds is 7. The fourth-order valence-electron chi connectivity index (χ4n) is 3.90. The van der Waals surface area contributed by atoms with Crippen molar-refractivity contribution in [2.75, 3.05) is 13.7 Å². The first-order valence-corrected chi connectivity index (χ1v) is 10.2. The van der Waals surface area contributed by atoms with E-state index < -0.39 is 23.7 Å². The maximum atomic E-state index is 15.3. The van der Waals surface area contributed by atoms with Gasteiger partial charge in [0.1, 0.15) is 22.6 Å². The van der Waals surface area contributed by atoms with E-state index in [0.717, 1.165) is 30.6 Å². The van der Waals surface area contributed by atoms with E-state index in [1.54, 1.807) is 5.94 Å². The lowest BCUT2D eigenvalue weighted by Gasteiger charge is -2.31. The Balaban J connectivity index is 2.00. The first kappa shape index (κ1) is 21.3. The Hall–Kier alpha value is -2.37. The van der Waals surface area contributed by atoms with Crippen LogP contribution in [-0.2, 0) is 23.9 Å². The highest BCUT2D eigenvalue weighted by molar-refractivity contribution is 6.32. The van der Waals surface area contributed by atoms with E-state index in [1.807, 2.05) is 6.92 Å². The van der Waals surface area contributed by atoms with Crippen molar-refractivity contribution in [2.24, 2.45) is 0 Å². The molecule has 0 bridgehead atoms. The average molecular weight is 424 g/mol. The van der Waals surface area contributed by atoms with Crippen LogP contribution in [0, 0.1) is 0 Å². The van der Waals surface area contributed by atoms with Gasteiger partial charge in [-0.1, -0.05) is 31.4 Å². The van der Waals surface area contributed by atoms with Crippen molar-refractivity contribution < 1.29 is 28.2 Å². The van der Waals surface area contributed by atoms with Crippen LogP contribution < -0.4 is 0 Å². The van der Waals surface area contributed by atoms with Gasteiger partial charge in [0, 0.05) is 11.1 Å². The minimum atomic E-state index is -1.60. The Morgan fingerprint density at radius 3 is 2.28 bits per heavy atom. The zero-order valence-electron chi connectivity index (χ0n) is 16.5. The van der Waals surface area contributed by atoms with E-state index in [1.165, 1.54) is 7.11 Å². The summed E-state index contributed by atoms with van der Waals surface area (Å²) >= 11 is 6.23. The number of allylic oxidation sites excluding steroid dienone is 1. The molecule has 0 fully saturated rings. The SMILES string of the molecule is CCCCCOC1=C(Cl)C(OC)=C(F)C(N2C(=O)C3=C(CCCC3)C2=O)C1=C=O. The fraction of sp³-hybridized carbons (Fsp3) is 0.524. The molecule has 1 heterocycles. The molecule has 1 aliphatic heterocycles. The molecule has 0 radical (unpaired) electrons. The Bertz CT molecular complexity index is 854. The van der Waals surface area contributed by atoms with Gasteiger partial charge in [-0.05, 0) is 32.1 Å². The molecule has 1 unspecified atom stereocenters. The van der Waals surface area contributed by atoms with E-state index in [-0.39, 0.29) is 28.7 Å². The summed E-state index contributed by atoms with van der Waals surface area (Å²) in [5.41, 5.74) is 0.472. The molecule has 29 heavy (non-hydrogen) atoms.